The minimum absolute atomic E-state index is 0.0304. The van der Waals surface area contributed by atoms with Crippen molar-refractivity contribution in [2.24, 2.45) is 40.4 Å². The number of hydrogen-bond acceptors (Lipinski definition) is 7. The summed E-state index contributed by atoms with van der Waals surface area (Å²) in [7, 11) is 0. The van der Waals surface area contributed by atoms with Crippen LogP contribution in [0.15, 0.2) is 0 Å². The number of carbonyl (C=O) groups is 2. The molecule has 7 nitrogen and oxygen atoms in total. The van der Waals surface area contributed by atoms with E-state index in [9.17, 15) is 14.7 Å². The Morgan fingerprint density at radius 2 is 1.56 bits per heavy atom. The monoisotopic (exact) mass is 478 g/mol. The summed E-state index contributed by atoms with van der Waals surface area (Å²) in [6.45, 7) is 10.8. The summed E-state index contributed by atoms with van der Waals surface area (Å²) in [5.74, 6) is -0.0316. The standard InChI is InChI=1S/C27H42O7/c1-15(28)33-18-8-9-25(3)17(12-18)13-21(34-16(2)29)24-19-6-7-22(27(5)31-10-11-32-27)26(19,4)23(30)14-20(24)25/h17-24,30H,6-14H2,1-5H3/t17?,18-,19+,20+,21-,22+,23+,24?,25+,26+/m1/s1. The lowest BCUT2D eigenvalue weighted by Gasteiger charge is -2.64. The second-order valence-electron chi connectivity index (χ2n) is 12.3. The summed E-state index contributed by atoms with van der Waals surface area (Å²) in [5.41, 5.74) is -0.320. The van der Waals surface area contributed by atoms with E-state index >= 15 is 0 Å². The van der Waals surface area contributed by atoms with Crippen LogP contribution >= 0.6 is 0 Å². The molecule has 0 bridgehead atoms. The lowest BCUT2D eigenvalue weighted by atomic mass is 9.43. The highest BCUT2D eigenvalue weighted by Gasteiger charge is 2.69. The molecule has 0 aromatic carbocycles. The maximum absolute atomic E-state index is 12.2. The molecule has 1 heterocycles. The molecule has 0 radical (unpaired) electrons. The first kappa shape index (κ1) is 24.5. The first-order valence-electron chi connectivity index (χ1n) is 13.3. The Kier molecular flexibility index (Phi) is 6.09. The minimum Gasteiger partial charge on any atom is -0.463 e. The molecule has 0 aromatic heterocycles. The number of ether oxygens (including phenoxy) is 4. The fraction of sp³-hybridized carbons (Fsp3) is 0.926. The summed E-state index contributed by atoms with van der Waals surface area (Å²) in [4.78, 5) is 23.8. The average Bonchev–Trinajstić information content (AvgIpc) is 3.34. The van der Waals surface area contributed by atoms with Crippen LogP contribution in [0.5, 0.6) is 0 Å². The van der Waals surface area contributed by atoms with Gasteiger partial charge in [-0.3, -0.25) is 9.59 Å². The van der Waals surface area contributed by atoms with Crippen LogP contribution in [0.2, 0.25) is 0 Å². The number of fused-ring (bicyclic) bond motifs is 5. The third-order valence-corrected chi connectivity index (χ3v) is 10.9. The second-order valence-corrected chi connectivity index (χ2v) is 12.3. The molecule has 4 saturated carbocycles. The topological polar surface area (TPSA) is 91.3 Å². The Balaban J connectivity index is 1.48. The van der Waals surface area contributed by atoms with Crippen molar-refractivity contribution in [3.63, 3.8) is 0 Å². The van der Waals surface area contributed by atoms with Gasteiger partial charge in [0.2, 0.25) is 0 Å². The molecule has 34 heavy (non-hydrogen) atoms. The summed E-state index contributed by atoms with van der Waals surface area (Å²) in [6.07, 6.45) is 5.34. The van der Waals surface area contributed by atoms with Gasteiger partial charge in [0, 0.05) is 31.1 Å². The van der Waals surface area contributed by atoms with E-state index in [0.717, 1.165) is 38.5 Å². The second kappa shape index (κ2) is 8.45. The fourth-order valence-electron chi connectivity index (χ4n) is 9.38. The third kappa shape index (κ3) is 3.64. The Morgan fingerprint density at radius 1 is 0.882 bits per heavy atom. The van der Waals surface area contributed by atoms with Gasteiger partial charge < -0.3 is 24.1 Å². The van der Waals surface area contributed by atoms with Crippen molar-refractivity contribution in [2.45, 2.75) is 104 Å². The Morgan fingerprint density at radius 3 is 2.21 bits per heavy atom. The maximum Gasteiger partial charge on any atom is 0.302 e. The molecule has 2 unspecified atom stereocenters. The van der Waals surface area contributed by atoms with Crippen LogP contribution in [0.3, 0.4) is 0 Å². The maximum atomic E-state index is 12.2. The predicted molar refractivity (Wildman–Crippen MR) is 123 cm³/mol. The lowest BCUT2D eigenvalue weighted by molar-refractivity contribution is -0.254. The molecule has 5 aliphatic rings. The van der Waals surface area contributed by atoms with Crippen molar-refractivity contribution in [2.75, 3.05) is 13.2 Å². The number of hydrogen-bond donors (Lipinski definition) is 1. The van der Waals surface area contributed by atoms with Gasteiger partial charge in [0.15, 0.2) is 5.79 Å². The molecule has 1 saturated heterocycles. The number of aliphatic hydroxyl groups excluding tert-OH is 1. The number of carbonyl (C=O) groups excluding carboxylic acids is 2. The Labute approximate surface area is 203 Å². The normalized spacial score (nSPS) is 49.5. The molecular formula is C27H42O7. The third-order valence-electron chi connectivity index (χ3n) is 10.9. The van der Waals surface area contributed by atoms with E-state index in [1.54, 1.807) is 0 Å². The molecule has 0 spiro atoms. The van der Waals surface area contributed by atoms with Crippen molar-refractivity contribution < 1.29 is 33.6 Å². The van der Waals surface area contributed by atoms with Crippen LogP contribution in [-0.4, -0.2) is 54.4 Å². The van der Waals surface area contributed by atoms with Crippen molar-refractivity contribution in [1.82, 2.24) is 0 Å². The van der Waals surface area contributed by atoms with Gasteiger partial charge in [0.05, 0.1) is 19.3 Å². The van der Waals surface area contributed by atoms with Crippen molar-refractivity contribution in [1.29, 1.82) is 0 Å². The highest BCUT2D eigenvalue weighted by Crippen LogP contribution is 2.69. The average molecular weight is 479 g/mol. The molecule has 5 rings (SSSR count). The van der Waals surface area contributed by atoms with Crippen LogP contribution < -0.4 is 0 Å². The first-order valence-corrected chi connectivity index (χ1v) is 13.3. The van der Waals surface area contributed by atoms with Gasteiger partial charge in [-0.25, -0.2) is 0 Å². The van der Waals surface area contributed by atoms with Crippen molar-refractivity contribution in [3.05, 3.63) is 0 Å². The summed E-state index contributed by atoms with van der Waals surface area (Å²) < 4.78 is 23.9. The van der Waals surface area contributed by atoms with Crippen molar-refractivity contribution in [3.8, 4) is 0 Å². The van der Waals surface area contributed by atoms with Crippen LogP contribution in [0.4, 0.5) is 0 Å². The summed E-state index contributed by atoms with van der Waals surface area (Å²) in [6, 6.07) is 0. The largest absolute Gasteiger partial charge is 0.463 e. The number of esters is 2. The van der Waals surface area contributed by atoms with Gasteiger partial charge in [0.25, 0.3) is 0 Å². The summed E-state index contributed by atoms with van der Waals surface area (Å²) >= 11 is 0. The van der Waals surface area contributed by atoms with E-state index in [4.69, 9.17) is 18.9 Å². The van der Waals surface area contributed by atoms with E-state index < -0.39 is 11.9 Å². The minimum atomic E-state index is -0.669. The van der Waals surface area contributed by atoms with Gasteiger partial charge in [-0.15, -0.1) is 0 Å². The molecule has 1 aliphatic heterocycles. The van der Waals surface area contributed by atoms with Crippen LogP contribution in [0.25, 0.3) is 0 Å². The summed E-state index contributed by atoms with van der Waals surface area (Å²) in [5, 5.41) is 11.8. The number of aliphatic hydroxyl groups is 1. The number of rotatable bonds is 3. The lowest BCUT2D eigenvalue weighted by Crippen LogP contribution is -2.64. The van der Waals surface area contributed by atoms with E-state index in [1.165, 1.54) is 13.8 Å². The van der Waals surface area contributed by atoms with Crippen LogP contribution in [0.1, 0.15) is 79.6 Å². The molecule has 5 fully saturated rings. The highest BCUT2D eigenvalue weighted by atomic mass is 16.7. The highest BCUT2D eigenvalue weighted by molar-refractivity contribution is 5.66. The van der Waals surface area contributed by atoms with Crippen LogP contribution in [-0.2, 0) is 28.5 Å². The molecule has 1 N–H and O–H groups in total. The van der Waals surface area contributed by atoms with E-state index in [1.807, 2.05) is 6.92 Å². The molecule has 0 aromatic rings. The molecule has 10 atom stereocenters. The zero-order valence-corrected chi connectivity index (χ0v) is 21.4. The van der Waals surface area contributed by atoms with Gasteiger partial charge in [-0.2, -0.15) is 0 Å². The quantitative estimate of drug-likeness (QED) is 0.616. The zero-order valence-electron chi connectivity index (χ0n) is 21.4. The molecule has 4 aliphatic carbocycles. The van der Waals surface area contributed by atoms with E-state index in [-0.39, 0.29) is 58.6 Å². The van der Waals surface area contributed by atoms with Crippen molar-refractivity contribution >= 4 is 11.9 Å². The van der Waals surface area contributed by atoms with Gasteiger partial charge >= 0.3 is 11.9 Å². The first-order chi connectivity index (χ1) is 16.0. The van der Waals surface area contributed by atoms with Crippen LogP contribution in [0, 0.1) is 40.4 Å². The molecule has 7 heteroatoms. The molecule has 192 valence electrons. The Bertz CT molecular complexity index is 822. The Hall–Kier alpha value is -1.18. The zero-order chi connectivity index (χ0) is 24.5. The predicted octanol–water partition coefficient (Wildman–Crippen LogP) is 3.85. The van der Waals surface area contributed by atoms with Gasteiger partial charge in [0.1, 0.15) is 12.2 Å². The smallest absolute Gasteiger partial charge is 0.302 e. The molecular weight excluding hydrogens is 436 g/mol. The SMILES string of the molecule is CC(=O)O[C@@H]1CC[C@@]2(C)C(C1)C[C@@H](OC(C)=O)C1[C@@H]3CC[C@H](C4(C)OCCO4)[C@@]3(C)[C@@H](O)C[C@@H]12. The van der Waals surface area contributed by atoms with E-state index in [0.29, 0.717) is 25.6 Å². The fourth-order valence-corrected chi connectivity index (χ4v) is 9.38. The van der Waals surface area contributed by atoms with Gasteiger partial charge in [-0.1, -0.05) is 13.8 Å². The van der Waals surface area contributed by atoms with Gasteiger partial charge in [-0.05, 0) is 75.0 Å². The van der Waals surface area contributed by atoms with E-state index in [2.05, 4.69) is 13.8 Å². The molecule has 0 amide bonds.